The molecule has 3 rings (SSSR count). The van der Waals surface area contributed by atoms with Gasteiger partial charge < -0.3 is 20.4 Å². The van der Waals surface area contributed by atoms with E-state index in [4.69, 9.17) is 15.0 Å². The van der Waals surface area contributed by atoms with Crippen LogP contribution < -0.4 is 5.32 Å². The normalized spacial score (nSPS) is 15.9. The Kier molecular flexibility index (Phi) is 7.76. The maximum absolute atomic E-state index is 12.7. The van der Waals surface area contributed by atoms with Crippen molar-refractivity contribution >= 4 is 28.6 Å². The molecular formula is C20H21F3N2O5. The van der Waals surface area contributed by atoms with Gasteiger partial charge in [-0.15, -0.1) is 0 Å². The zero-order chi connectivity index (χ0) is 22.3. The fourth-order valence-electron chi connectivity index (χ4n) is 3.18. The number of carboxylic acids is 2. The highest BCUT2D eigenvalue weighted by Gasteiger charge is 2.38. The third-order valence-electron chi connectivity index (χ3n) is 4.57. The number of carbonyl (C=O) groups is 3. The van der Waals surface area contributed by atoms with Gasteiger partial charge in [0.2, 0.25) is 5.91 Å². The summed E-state index contributed by atoms with van der Waals surface area (Å²) in [5.74, 6) is -3.85. The van der Waals surface area contributed by atoms with E-state index < -0.39 is 18.1 Å². The number of halogens is 3. The zero-order valence-electron chi connectivity index (χ0n) is 15.9. The van der Waals surface area contributed by atoms with Crippen molar-refractivity contribution in [2.75, 3.05) is 19.6 Å². The van der Waals surface area contributed by atoms with Gasteiger partial charge in [-0.3, -0.25) is 9.59 Å². The fourth-order valence-corrected chi connectivity index (χ4v) is 3.18. The van der Waals surface area contributed by atoms with E-state index >= 15 is 0 Å². The minimum Gasteiger partial charge on any atom is -0.480 e. The van der Waals surface area contributed by atoms with Crippen LogP contribution in [0.15, 0.2) is 42.5 Å². The molecule has 1 aliphatic heterocycles. The minimum atomic E-state index is -5.08. The average molecular weight is 426 g/mol. The molecule has 1 heterocycles. The predicted octanol–water partition coefficient (Wildman–Crippen LogP) is 2.29. The van der Waals surface area contributed by atoms with Crippen molar-refractivity contribution in [3.8, 4) is 0 Å². The van der Waals surface area contributed by atoms with Gasteiger partial charge in [0.25, 0.3) is 0 Å². The number of fused-ring (bicyclic) bond motifs is 1. The third-order valence-corrected chi connectivity index (χ3v) is 4.57. The average Bonchev–Trinajstić information content (AvgIpc) is 3.20. The number of rotatable bonds is 5. The first-order chi connectivity index (χ1) is 14.1. The lowest BCUT2D eigenvalue weighted by Crippen LogP contribution is -2.45. The molecule has 3 N–H and O–H groups in total. The molecule has 0 saturated carbocycles. The summed E-state index contributed by atoms with van der Waals surface area (Å²) in [5.41, 5.74) is 0.939. The second kappa shape index (κ2) is 10.1. The molecule has 1 saturated heterocycles. The highest BCUT2D eigenvalue weighted by atomic mass is 19.4. The molecule has 7 nitrogen and oxygen atoms in total. The molecule has 1 unspecified atom stereocenters. The molecule has 10 heteroatoms. The van der Waals surface area contributed by atoms with E-state index in [1.165, 1.54) is 4.90 Å². The van der Waals surface area contributed by atoms with E-state index in [9.17, 15) is 22.8 Å². The molecule has 1 aliphatic rings. The van der Waals surface area contributed by atoms with Gasteiger partial charge in [0, 0.05) is 12.6 Å². The van der Waals surface area contributed by atoms with Crippen LogP contribution >= 0.6 is 0 Å². The second-order valence-corrected chi connectivity index (χ2v) is 6.68. The van der Waals surface area contributed by atoms with Crippen LogP contribution in [0.25, 0.3) is 10.8 Å². The third kappa shape index (κ3) is 6.45. The number of aliphatic carboxylic acids is 2. The number of amides is 1. The maximum atomic E-state index is 12.7. The monoisotopic (exact) mass is 426 g/mol. The van der Waals surface area contributed by atoms with Gasteiger partial charge in [0.15, 0.2) is 0 Å². The quantitative estimate of drug-likeness (QED) is 0.677. The summed E-state index contributed by atoms with van der Waals surface area (Å²) in [5, 5.41) is 21.6. The Morgan fingerprint density at radius 2 is 1.70 bits per heavy atom. The molecule has 162 valence electrons. The van der Waals surface area contributed by atoms with Gasteiger partial charge in [0.1, 0.15) is 6.54 Å². The number of hydrogen-bond donors (Lipinski definition) is 3. The number of hydrogen-bond acceptors (Lipinski definition) is 4. The Morgan fingerprint density at radius 1 is 1.07 bits per heavy atom. The molecule has 0 aliphatic carbocycles. The van der Waals surface area contributed by atoms with Crippen LogP contribution in [0.3, 0.4) is 0 Å². The Balaban J connectivity index is 0.000000396. The summed E-state index contributed by atoms with van der Waals surface area (Å²) in [7, 11) is 0. The molecule has 2 aromatic rings. The molecule has 0 bridgehead atoms. The van der Waals surface area contributed by atoms with Crippen molar-refractivity contribution in [2.24, 2.45) is 0 Å². The Morgan fingerprint density at radius 3 is 2.27 bits per heavy atom. The summed E-state index contributed by atoms with van der Waals surface area (Å²) >= 11 is 0. The van der Waals surface area contributed by atoms with Crippen molar-refractivity contribution in [2.45, 2.75) is 25.1 Å². The van der Waals surface area contributed by atoms with E-state index in [1.807, 2.05) is 42.5 Å². The van der Waals surface area contributed by atoms with Crippen molar-refractivity contribution in [1.29, 1.82) is 0 Å². The van der Waals surface area contributed by atoms with Crippen LogP contribution in [0.5, 0.6) is 0 Å². The largest absolute Gasteiger partial charge is 0.490 e. The molecule has 30 heavy (non-hydrogen) atoms. The van der Waals surface area contributed by atoms with Crippen LogP contribution in [0.2, 0.25) is 0 Å². The van der Waals surface area contributed by atoms with Gasteiger partial charge in [-0.2, -0.15) is 13.2 Å². The molecule has 2 aromatic carbocycles. The van der Waals surface area contributed by atoms with Crippen LogP contribution in [0, 0.1) is 0 Å². The second-order valence-electron chi connectivity index (χ2n) is 6.68. The molecule has 0 radical (unpaired) electrons. The smallest absolute Gasteiger partial charge is 0.480 e. The van der Waals surface area contributed by atoms with E-state index in [2.05, 4.69) is 5.32 Å². The first-order valence-electron chi connectivity index (χ1n) is 9.08. The van der Waals surface area contributed by atoms with Crippen LogP contribution in [0.1, 0.15) is 12.0 Å². The standard InChI is InChI=1S/C18H20N2O3.C2HF3O2/c21-17(20(12-18(22)23)15-8-9-19-11-15)10-14-6-3-5-13-4-1-2-7-16(13)14;3-2(4,5)1(6)7/h1-7,15,19H,8-12H2,(H,22,23);(H,6,7). The van der Waals surface area contributed by atoms with Gasteiger partial charge in [-0.1, -0.05) is 42.5 Å². The van der Waals surface area contributed by atoms with Crippen LogP contribution in [-0.2, 0) is 20.8 Å². The first kappa shape index (κ1) is 23.1. The number of nitrogens with one attached hydrogen (secondary N) is 1. The fraction of sp³-hybridized carbons (Fsp3) is 0.350. The number of nitrogens with zero attached hydrogens (tertiary/aromatic N) is 1. The van der Waals surface area contributed by atoms with E-state index in [0.717, 1.165) is 29.3 Å². The Hall–Kier alpha value is -3.14. The number of alkyl halides is 3. The van der Waals surface area contributed by atoms with Gasteiger partial charge in [-0.05, 0) is 29.3 Å². The van der Waals surface area contributed by atoms with Gasteiger partial charge >= 0.3 is 18.1 Å². The zero-order valence-corrected chi connectivity index (χ0v) is 15.9. The lowest BCUT2D eigenvalue weighted by atomic mass is 10.0. The molecule has 0 spiro atoms. The Bertz CT molecular complexity index is 905. The molecular weight excluding hydrogens is 405 g/mol. The summed E-state index contributed by atoms with van der Waals surface area (Å²) < 4.78 is 31.7. The van der Waals surface area contributed by atoms with Crippen molar-refractivity contribution in [1.82, 2.24) is 10.2 Å². The first-order valence-corrected chi connectivity index (χ1v) is 9.08. The summed E-state index contributed by atoms with van der Waals surface area (Å²) in [4.78, 5) is 34.2. The van der Waals surface area contributed by atoms with Crippen LogP contribution in [0.4, 0.5) is 13.2 Å². The lowest BCUT2D eigenvalue weighted by molar-refractivity contribution is -0.192. The van der Waals surface area contributed by atoms with E-state index in [1.54, 1.807) is 0 Å². The van der Waals surface area contributed by atoms with Crippen molar-refractivity contribution in [3.05, 3.63) is 48.0 Å². The number of carboxylic acid groups (broad SMARTS) is 2. The highest BCUT2D eigenvalue weighted by molar-refractivity contribution is 5.91. The molecule has 0 aromatic heterocycles. The molecule has 1 atom stereocenters. The highest BCUT2D eigenvalue weighted by Crippen LogP contribution is 2.20. The number of carbonyl (C=O) groups excluding carboxylic acids is 1. The lowest BCUT2D eigenvalue weighted by Gasteiger charge is -2.27. The number of benzene rings is 2. The topological polar surface area (TPSA) is 107 Å². The summed E-state index contributed by atoms with van der Waals surface area (Å²) in [6, 6.07) is 13.8. The van der Waals surface area contributed by atoms with E-state index in [0.29, 0.717) is 6.54 Å². The summed E-state index contributed by atoms with van der Waals surface area (Å²) in [6.07, 6.45) is -4.06. The minimum absolute atomic E-state index is 0.0337. The summed E-state index contributed by atoms with van der Waals surface area (Å²) in [6.45, 7) is 1.24. The van der Waals surface area contributed by atoms with Gasteiger partial charge in [0.05, 0.1) is 6.42 Å². The molecule has 1 fully saturated rings. The SMILES string of the molecule is O=C(O)C(F)(F)F.O=C(O)CN(C(=O)Cc1cccc2ccccc12)C1CCNC1. The maximum Gasteiger partial charge on any atom is 0.490 e. The predicted molar refractivity (Wildman–Crippen MR) is 102 cm³/mol. The van der Waals surface area contributed by atoms with E-state index in [-0.39, 0.29) is 24.9 Å². The Labute approximate surface area is 170 Å². The van der Waals surface area contributed by atoms with Crippen molar-refractivity contribution < 1.29 is 37.8 Å². The molecule has 1 amide bonds. The van der Waals surface area contributed by atoms with Crippen LogP contribution in [-0.4, -0.2) is 64.8 Å². The van der Waals surface area contributed by atoms with Gasteiger partial charge in [-0.25, -0.2) is 4.79 Å². The van der Waals surface area contributed by atoms with Crippen molar-refractivity contribution in [3.63, 3.8) is 0 Å².